The van der Waals surface area contributed by atoms with Gasteiger partial charge in [0.2, 0.25) is 0 Å². The van der Waals surface area contributed by atoms with Crippen LogP contribution >= 0.6 is 0 Å². The molecule has 0 aromatic heterocycles. The maximum absolute atomic E-state index is 13.7. The highest BCUT2D eigenvalue weighted by atomic mass is 19.1. The minimum absolute atomic E-state index is 0.0599. The molecule has 0 saturated carbocycles. The van der Waals surface area contributed by atoms with E-state index in [4.69, 9.17) is 0 Å². The van der Waals surface area contributed by atoms with E-state index in [0.717, 1.165) is 0 Å². The lowest BCUT2D eigenvalue weighted by Crippen LogP contribution is -2.05. The van der Waals surface area contributed by atoms with Gasteiger partial charge in [-0.25, -0.2) is 4.39 Å². The van der Waals surface area contributed by atoms with Crippen LogP contribution in [0.15, 0.2) is 48.5 Å². The molecule has 0 bridgehead atoms. The first-order chi connectivity index (χ1) is 10.1. The third-order valence-electron chi connectivity index (χ3n) is 3.18. The zero-order valence-corrected chi connectivity index (χ0v) is 11.6. The summed E-state index contributed by atoms with van der Waals surface area (Å²) in [6, 6.07) is 13.1. The van der Waals surface area contributed by atoms with E-state index in [9.17, 15) is 14.0 Å². The van der Waals surface area contributed by atoms with Crippen molar-refractivity contribution >= 4 is 11.8 Å². The van der Waals surface area contributed by atoms with E-state index < -0.39 is 5.97 Å². The van der Waals surface area contributed by atoms with Crippen LogP contribution < -0.4 is 0 Å². The van der Waals surface area contributed by atoms with Crippen molar-refractivity contribution in [3.63, 3.8) is 0 Å². The monoisotopic (exact) mass is 286 g/mol. The molecule has 0 unspecified atom stereocenters. The van der Waals surface area contributed by atoms with E-state index in [1.54, 1.807) is 42.5 Å². The number of carbonyl (C=O) groups excluding carboxylic acids is 2. The van der Waals surface area contributed by atoms with Gasteiger partial charge in [0, 0.05) is 17.5 Å². The number of halogens is 1. The van der Waals surface area contributed by atoms with Crippen molar-refractivity contribution in [1.29, 1.82) is 0 Å². The first-order valence-corrected chi connectivity index (χ1v) is 6.57. The average Bonchev–Trinajstić information content (AvgIpc) is 2.53. The highest BCUT2D eigenvalue weighted by Crippen LogP contribution is 2.23. The molecule has 0 aliphatic heterocycles. The van der Waals surface area contributed by atoms with Crippen LogP contribution in [0, 0.1) is 5.82 Å². The van der Waals surface area contributed by atoms with Crippen molar-refractivity contribution in [2.75, 3.05) is 7.11 Å². The maximum Gasteiger partial charge on any atom is 0.305 e. The maximum atomic E-state index is 13.7. The van der Waals surface area contributed by atoms with Crippen LogP contribution in [-0.4, -0.2) is 18.9 Å². The molecule has 4 heteroatoms. The third-order valence-corrected chi connectivity index (χ3v) is 3.18. The number of carbonyl (C=O) groups is 2. The van der Waals surface area contributed by atoms with Gasteiger partial charge in [0.05, 0.1) is 13.5 Å². The van der Waals surface area contributed by atoms with Crippen LogP contribution in [-0.2, 0) is 9.53 Å². The summed E-state index contributed by atoms with van der Waals surface area (Å²) in [6.45, 7) is 0. The molecule has 108 valence electrons. The van der Waals surface area contributed by atoms with Gasteiger partial charge in [-0.1, -0.05) is 42.5 Å². The lowest BCUT2D eigenvalue weighted by Gasteiger charge is -2.05. The first kappa shape index (κ1) is 14.9. The standard InChI is InChI=1S/C17H15FO3/c1-21-17(20)11-10-16(19)13-8-6-12(7-9-13)14-4-2-3-5-15(14)18/h2-9H,10-11H2,1H3. The zero-order chi connectivity index (χ0) is 15.2. The molecular weight excluding hydrogens is 271 g/mol. The van der Waals surface area contributed by atoms with Gasteiger partial charge < -0.3 is 4.74 Å². The number of ketones is 1. The second-order valence-corrected chi connectivity index (χ2v) is 4.56. The van der Waals surface area contributed by atoms with E-state index >= 15 is 0 Å². The second kappa shape index (κ2) is 6.79. The molecular formula is C17H15FO3. The Labute approximate surface area is 122 Å². The molecule has 0 spiro atoms. The molecule has 0 fully saturated rings. The number of esters is 1. The SMILES string of the molecule is COC(=O)CCC(=O)c1ccc(-c2ccccc2F)cc1. The van der Waals surface area contributed by atoms with Gasteiger partial charge in [0.15, 0.2) is 5.78 Å². The Kier molecular flexibility index (Phi) is 4.82. The van der Waals surface area contributed by atoms with Crippen LogP contribution in [0.4, 0.5) is 4.39 Å². The van der Waals surface area contributed by atoms with Gasteiger partial charge in [-0.15, -0.1) is 0 Å². The van der Waals surface area contributed by atoms with Crippen molar-refractivity contribution in [3.05, 3.63) is 59.9 Å². The fraction of sp³-hybridized carbons (Fsp3) is 0.176. The minimum Gasteiger partial charge on any atom is -0.469 e. The Hall–Kier alpha value is -2.49. The normalized spacial score (nSPS) is 10.2. The Bertz CT molecular complexity index is 647. The summed E-state index contributed by atoms with van der Waals surface area (Å²) < 4.78 is 18.2. The third kappa shape index (κ3) is 3.75. The van der Waals surface area contributed by atoms with Gasteiger partial charge in [-0.05, 0) is 11.6 Å². The Morgan fingerprint density at radius 1 is 1.00 bits per heavy atom. The van der Waals surface area contributed by atoms with E-state index in [0.29, 0.717) is 16.7 Å². The molecule has 0 heterocycles. The summed E-state index contributed by atoms with van der Waals surface area (Å²) in [5.41, 5.74) is 1.70. The summed E-state index contributed by atoms with van der Waals surface area (Å²) in [6.07, 6.45) is 0.163. The number of ether oxygens (including phenoxy) is 1. The summed E-state index contributed by atoms with van der Waals surface area (Å²) >= 11 is 0. The van der Waals surface area contributed by atoms with Gasteiger partial charge >= 0.3 is 5.97 Å². The van der Waals surface area contributed by atoms with Gasteiger partial charge in [-0.2, -0.15) is 0 Å². The fourth-order valence-electron chi connectivity index (χ4n) is 1.99. The minimum atomic E-state index is -0.411. The first-order valence-electron chi connectivity index (χ1n) is 6.57. The number of Topliss-reactive ketones (excluding diaryl/α,β-unsaturated/α-hetero) is 1. The van der Waals surface area contributed by atoms with Crippen molar-refractivity contribution in [2.45, 2.75) is 12.8 Å². The lowest BCUT2D eigenvalue weighted by molar-refractivity contribution is -0.140. The van der Waals surface area contributed by atoms with Crippen LogP contribution in [0.3, 0.4) is 0 Å². The van der Waals surface area contributed by atoms with Crippen LogP contribution in [0.25, 0.3) is 11.1 Å². The fourth-order valence-corrected chi connectivity index (χ4v) is 1.99. The highest BCUT2D eigenvalue weighted by Gasteiger charge is 2.10. The predicted octanol–water partition coefficient (Wildman–Crippen LogP) is 3.63. The van der Waals surface area contributed by atoms with Crippen molar-refractivity contribution in [2.24, 2.45) is 0 Å². The molecule has 0 N–H and O–H groups in total. The number of benzene rings is 2. The molecule has 0 aliphatic carbocycles. The quantitative estimate of drug-likeness (QED) is 0.622. The number of rotatable bonds is 5. The smallest absolute Gasteiger partial charge is 0.305 e. The zero-order valence-electron chi connectivity index (χ0n) is 11.6. The van der Waals surface area contributed by atoms with Gasteiger partial charge in [-0.3, -0.25) is 9.59 Å². The summed E-state index contributed by atoms with van der Waals surface area (Å²) in [4.78, 5) is 22.9. The molecule has 2 aromatic rings. The summed E-state index contributed by atoms with van der Waals surface area (Å²) in [5, 5.41) is 0. The lowest BCUT2D eigenvalue weighted by atomic mass is 10.0. The predicted molar refractivity (Wildman–Crippen MR) is 77.4 cm³/mol. The molecule has 2 aromatic carbocycles. The molecule has 0 amide bonds. The van der Waals surface area contributed by atoms with E-state index in [1.807, 2.05) is 0 Å². The highest BCUT2D eigenvalue weighted by molar-refractivity contribution is 5.97. The largest absolute Gasteiger partial charge is 0.469 e. The summed E-state index contributed by atoms with van der Waals surface area (Å²) in [7, 11) is 1.29. The Morgan fingerprint density at radius 2 is 1.67 bits per heavy atom. The number of hydrogen-bond donors (Lipinski definition) is 0. The van der Waals surface area contributed by atoms with Crippen molar-refractivity contribution < 1.29 is 18.7 Å². The van der Waals surface area contributed by atoms with Crippen molar-refractivity contribution in [1.82, 2.24) is 0 Å². The van der Waals surface area contributed by atoms with Gasteiger partial charge in [0.25, 0.3) is 0 Å². The van der Waals surface area contributed by atoms with Crippen LogP contribution in [0.1, 0.15) is 23.2 Å². The average molecular weight is 286 g/mol. The van der Waals surface area contributed by atoms with Crippen molar-refractivity contribution in [3.8, 4) is 11.1 Å². The topological polar surface area (TPSA) is 43.4 Å². The second-order valence-electron chi connectivity index (χ2n) is 4.56. The van der Waals surface area contributed by atoms with Crippen LogP contribution in [0.5, 0.6) is 0 Å². The Morgan fingerprint density at radius 3 is 2.29 bits per heavy atom. The molecule has 0 radical (unpaired) electrons. The molecule has 0 atom stereocenters. The molecule has 2 rings (SSSR count). The Balaban J connectivity index is 2.10. The van der Waals surface area contributed by atoms with Gasteiger partial charge in [0.1, 0.15) is 5.82 Å². The molecule has 3 nitrogen and oxygen atoms in total. The van der Waals surface area contributed by atoms with E-state index in [-0.39, 0.29) is 24.4 Å². The van der Waals surface area contributed by atoms with E-state index in [2.05, 4.69) is 4.74 Å². The van der Waals surface area contributed by atoms with Crippen LogP contribution in [0.2, 0.25) is 0 Å². The number of methoxy groups -OCH3 is 1. The molecule has 0 aliphatic rings. The molecule has 0 saturated heterocycles. The summed E-state index contributed by atoms with van der Waals surface area (Å²) in [5.74, 6) is -0.853. The van der Waals surface area contributed by atoms with E-state index in [1.165, 1.54) is 13.2 Å². The molecule has 21 heavy (non-hydrogen) atoms. The number of hydrogen-bond acceptors (Lipinski definition) is 3.